The quantitative estimate of drug-likeness (QED) is 0.767. The van der Waals surface area contributed by atoms with Crippen LogP contribution in [0.3, 0.4) is 0 Å². The maximum absolute atomic E-state index is 10.3. The Bertz CT molecular complexity index is 363. The van der Waals surface area contributed by atoms with Crippen molar-refractivity contribution in [2.75, 3.05) is 0 Å². The molecule has 0 saturated carbocycles. The normalized spacial score (nSPS) is 12.9. The minimum absolute atomic E-state index is 0.0206. The highest BCUT2D eigenvalue weighted by Crippen LogP contribution is 2.39. The summed E-state index contributed by atoms with van der Waals surface area (Å²) in [4.78, 5) is 10.3. The van der Waals surface area contributed by atoms with Crippen LogP contribution in [-0.4, -0.2) is 13.1 Å². The van der Waals surface area contributed by atoms with Crippen molar-refractivity contribution in [2.24, 2.45) is 0 Å². The zero-order chi connectivity index (χ0) is 12.6. The Hall–Kier alpha value is 0.357. The SMILES string of the molecule is CC(C)(Cc1cc(Br)cc(Br)c1)[Si](C)(C)O. The Morgan fingerprint density at radius 1 is 1.12 bits per heavy atom. The lowest BCUT2D eigenvalue weighted by atomic mass is 10.0. The Kier molecular flexibility index (Phi) is 4.44. The summed E-state index contributed by atoms with van der Waals surface area (Å²) in [6, 6.07) is 6.26. The molecular weight excluding hydrogens is 348 g/mol. The van der Waals surface area contributed by atoms with E-state index in [1.165, 1.54) is 5.56 Å². The molecule has 0 saturated heterocycles. The fourth-order valence-electron chi connectivity index (χ4n) is 1.44. The summed E-state index contributed by atoms with van der Waals surface area (Å²) in [5.41, 5.74) is 1.25. The first-order chi connectivity index (χ1) is 7.12. The molecule has 0 bridgehead atoms. The molecule has 4 heteroatoms. The van der Waals surface area contributed by atoms with Crippen molar-refractivity contribution in [1.29, 1.82) is 0 Å². The molecule has 0 atom stereocenters. The van der Waals surface area contributed by atoms with Crippen LogP contribution in [0.2, 0.25) is 18.1 Å². The fraction of sp³-hybridized carbons (Fsp3) is 0.500. The standard InChI is InChI=1S/C12H18Br2OSi/c1-12(2,16(3,4)15)8-9-5-10(13)7-11(14)6-9/h5-7,15H,8H2,1-4H3. The molecule has 1 N–H and O–H groups in total. The van der Waals surface area contributed by atoms with Gasteiger partial charge < -0.3 is 4.80 Å². The smallest absolute Gasteiger partial charge is 0.188 e. The second-order valence-corrected chi connectivity index (χ2v) is 11.7. The van der Waals surface area contributed by atoms with Gasteiger partial charge in [0.15, 0.2) is 8.32 Å². The van der Waals surface area contributed by atoms with Crippen LogP contribution in [0.25, 0.3) is 0 Å². The van der Waals surface area contributed by atoms with Crippen LogP contribution in [0.1, 0.15) is 19.4 Å². The van der Waals surface area contributed by atoms with Gasteiger partial charge in [-0.15, -0.1) is 0 Å². The molecule has 0 unspecified atom stereocenters. The van der Waals surface area contributed by atoms with Crippen LogP contribution >= 0.6 is 31.9 Å². The Morgan fingerprint density at radius 2 is 1.56 bits per heavy atom. The Labute approximate surface area is 116 Å². The third-order valence-corrected chi connectivity index (χ3v) is 7.63. The van der Waals surface area contributed by atoms with Crippen molar-refractivity contribution in [3.8, 4) is 0 Å². The summed E-state index contributed by atoms with van der Waals surface area (Å²) >= 11 is 6.98. The molecule has 0 amide bonds. The Morgan fingerprint density at radius 3 is 1.94 bits per heavy atom. The van der Waals surface area contributed by atoms with Crippen molar-refractivity contribution >= 4 is 40.2 Å². The molecular formula is C12H18Br2OSi. The van der Waals surface area contributed by atoms with Crippen LogP contribution < -0.4 is 0 Å². The molecule has 0 heterocycles. The third-order valence-electron chi connectivity index (χ3n) is 3.22. The lowest BCUT2D eigenvalue weighted by molar-refractivity contribution is 0.467. The van der Waals surface area contributed by atoms with Crippen molar-refractivity contribution in [1.82, 2.24) is 0 Å². The van der Waals surface area contributed by atoms with E-state index < -0.39 is 8.32 Å². The monoisotopic (exact) mass is 364 g/mol. The van der Waals surface area contributed by atoms with Crippen molar-refractivity contribution in [2.45, 2.75) is 38.4 Å². The molecule has 0 fully saturated rings. The van der Waals surface area contributed by atoms with Crippen LogP contribution in [0.15, 0.2) is 27.1 Å². The van der Waals surface area contributed by atoms with E-state index in [9.17, 15) is 4.80 Å². The van der Waals surface area contributed by atoms with Crippen molar-refractivity contribution in [3.63, 3.8) is 0 Å². The average molecular weight is 366 g/mol. The molecule has 1 aromatic carbocycles. The molecule has 0 aliphatic rings. The number of rotatable bonds is 3. The summed E-state index contributed by atoms with van der Waals surface area (Å²) in [6.07, 6.45) is 0.904. The van der Waals surface area contributed by atoms with Gasteiger partial charge in [-0.2, -0.15) is 0 Å². The fourth-order valence-corrected chi connectivity index (χ4v) is 3.46. The second-order valence-electron chi connectivity index (χ2n) is 5.40. The number of halogens is 2. The molecule has 0 radical (unpaired) electrons. The van der Waals surface area contributed by atoms with E-state index in [0.29, 0.717) is 0 Å². The van der Waals surface area contributed by atoms with E-state index in [1.807, 2.05) is 19.2 Å². The lowest BCUT2D eigenvalue weighted by Gasteiger charge is -2.35. The predicted octanol–water partition coefficient (Wildman–Crippen LogP) is 4.73. The molecule has 0 aliphatic carbocycles. The number of hydrogen-bond acceptors (Lipinski definition) is 1. The first-order valence-corrected chi connectivity index (χ1v) is 9.82. The summed E-state index contributed by atoms with van der Waals surface area (Å²) in [5.74, 6) is 0. The summed E-state index contributed by atoms with van der Waals surface area (Å²) < 4.78 is 2.15. The van der Waals surface area contributed by atoms with E-state index in [4.69, 9.17) is 0 Å². The summed E-state index contributed by atoms with van der Waals surface area (Å²) in [6.45, 7) is 8.29. The predicted molar refractivity (Wildman–Crippen MR) is 79.3 cm³/mol. The van der Waals surface area contributed by atoms with E-state index in [0.717, 1.165) is 15.4 Å². The zero-order valence-electron chi connectivity index (χ0n) is 10.1. The number of hydrogen-bond donors (Lipinski definition) is 1. The van der Waals surface area contributed by atoms with Crippen LogP contribution in [0.4, 0.5) is 0 Å². The highest BCUT2D eigenvalue weighted by Gasteiger charge is 2.37. The largest absolute Gasteiger partial charge is 0.432 e. The van der Waals surface area contributed by atoms with Gasteiger partial charge in [0.25, 0.3) is 0 Å². The Balaban J connectivity index is 2.96. The third kappa shape index (κ3) is 3.69. The molecule has 0 aliphatic heterocycles. The highest BCUT2D eigenvalue weighted by molar-refractivity contribution is 9.11. The van der Waals surface area contributed by atoms with Crippen LogP contribution in [0, 0.1) is 0 Å². The molecule has 90 valence electrons. The lowest BCUT2D eigenvalue weighted by Crippen LogP contribution is -2.40. The summed E-state index contributed by atoms with van der Waals surface area (Å²) in [5, 5.41) is -0.0206. The van der Waals surface area contributed by atoms with Crippen molar-refractivity contribution in [3.05, 3.63) is 32.7 Å². The van der Waals surface area contributed by atoms with Gasteiger partial charge in [0.05, 0.1) is 0 Å². The minimum atomic E-state index is -2.13. The number of benzene rings is 1. The van der Waals surface area contributed by atoms with Gasteiger partial charge in [-0.05, 0) is 48.3 Å². The van der Waals surface area contributed by atoms with Gasteiger partial charge in [0.1, 0.15) is 0 Å². The van der Waals surface area contributed by atoms with Crippen LogP contribution in [0.5, 0.6) is 0 Å². The van der Waals surface area contributed by atoms with E-state index in [-0.39, 0.29) is 5.04 Å². The van der Waals surface area contributed by atoms with Gasteiger partial charge in [0, 0.05) is 8.95 Å². The second kappa shape index (κ2) is 4.92. The molecule has 1 rings (SSSR count). The average Bonchev–Trinajstić information content (AvgIpc) is 1.97. The first kappa shape index (κ1) is 14.4. The minimum Gasteiger partial charge on any atom is -0.432 e. The topological polar surface area (TPSA) is 20.2 Å². The highest BCUT2D eigenvalue weighted by atomic mass is 79.9. The van der Waals surface area contributed by atoms with Gasteiger partial charge in [-0.1, -0.05) is 45.7 Å². The van der Waals surface area contributed by atoms with E-state index >= 15 is 0 Å². The molecule has 16 heavy (non-hydrogen) atoms. The maximum atomic E-state index is 10.3. The van der Waals surface area contributed by atoms with E-state index in [1.54, 1.807) is 0 Å². The van der Waals surface area contributed by atoms with Crippen molar-refractivity contribution < 1.29 is 4.80 Å². The first-order valence-electron chi connectivity index (χ1n) is 5.29. The van der Waals surface area contributed by atoms with Gasteiger partial charge >= 0.3 is 0 Å². The van der Waals surface area contributed by atoms with Gasteiger partial charge in [0.2, 0.25) is 0 Å². The van der Waals surface area contributed by atoms with E-state index in [2.05, 4.69) is 57.8 Å². The summed E-state index contributed by atoms with van der Waals surface area (Å²) in [7, 11) is -2.13. The molecule has 1 aromatic rings. The zero-order valence-corrected chi connectivity index (χ0v) is 14.3. The molecule has 1 nitrogen and oxygen atoms in total. The van der Waals surface area contributed by atoms with Crippen LogP contribution in [-0.2, 0) is 6.42 Å². The molecule has 0 spiro atoms. The van der Waals surface area contributed by atoms with Gasteiger partial charge in [-0.25, -0.2) is 0 Å². The molecule has 0 aromatic heterocycles. The van der Waals surface area contributed by atoms with Gasteiger partial charge in [-0.3, -0.25) is 0 Å². The maximum Gasteiger partial charge on any atom is 0.188 e.